The molecule has 1 saturated heterocycles. The fourth-order valence-electron chi connectivity index (χ4n) is 2.52. The summed E-state index contributed by atoms with van der Waals surface area (Å²) < 4.78 is 13.0. The summed E-state index contributed by atoms with van der Waals surface area (Å²) in [6.07, 6.45) is 0.615. The molecule has 1 aromatic rings. The van der Waals surface area contributed by atoms with E-state index < -0.39 is 0 Å². The van der Waals surface area contributed by atoms with Crippen LogP contribution in [0.25, 0.3) is 0 Å². The molecule has 3 nitrogen and oxygen atoms in total. The summed E-state index contributed by atoms with van der Waals surface area (Å²) in [6, 6.07) is 4.51. The maximum Gasteiger partial charge on any atom is 0.222 e. The van der Waals surface area contributed by atoms with E-state index in [9.17, 15) is 9.18 Å². The molecule has 1 aromatic carbocycles. The van der Waals surface area contributed by atoms with Crippen LogP contribution in [0.1, 0.15) is 25.8 Å². The molecule has 1 fully saturated rings. The summed E-state index contributed by atoms with van der Waals surface area (Å²) in [6.45, 7) is 7.99. The fraction of sp³-hybridized carbons (Fsp3) is 0.562. The van der Waals surface area contributed by atoms with Crippen LogP contribution >= 0.6 is 11.6 Å². The van der Waals surface area contributed by atoms with Crippen LogP contribution < -0.4 is 0 Å². The molecule has 116 valence electrons. The first-order valence-corrected chi connectivity index (χ1v) is 7.77. The Morgan fingerprint density at radius 2 is 1.95 bits per heavy atom. The van der Waals surface area contributed by atoms with Gasteiger partial charge in [0.2, 0.25) is 5.91 Å². The third-order valence-corrected chi connectivity index (χ3v) is 4.07. The maximum atomic E-state index is 13.0. The molecule has 1 amide bonds. The van der Waals surface area contributed by atoms with Gasteiger partial charge in [-0.3, -0.25) is 9.69 Å². The average Bonchev–Trinajstić information content (AvgIpc) is 2.42. The molecular formula is C16H22ClFN2O. The van der Waals surface area contributed by atoms with E-state index in [4.69, 9.17) is 11.6 Å². The van der Waals surface area contributed by atoms with Crippen LogP contribution in [0.3, 0.4) is 0 Å². The van der Waals surface area contributed by atoms with Gasteiger partial charge >= 0.3 is 0 Å². The number of hydrogen-bond acceptors (Lipinski definition) is 2. The Morgan fingerprint density at radius 3 is 2.52 bits per heavy atom. The summed E-state index contributed by atoms with van der Waals surface area (Å²) >= 11 is 6.05. The molecule has 0 unspecified atom stereocenters. The van der Waals surface area contributed by atoms with Crippen molar-refractivity contribution in [3.63, 3.8) is 0 Å². The highest BCUT2D eigenvalue weighted by Gasteiger charge is 2.21. The lowest BCUT2D eigenvalue weighted by Crippen LogP contribution is -2.48. The van der Waals surface area contributed by atoms with E-state index in [1.54, 1.807) is 6.07 Å². The standard InChI is InChI=1S/C16H22ClFN2O/c1-12(2)9-16(21)20-7-5-19(6-8-20)11-13-3-4-14(18)10-15(13)17/h3-4,10,12H,5-9,11H2,1-2H3. The third kappa shape index (κ3) is 4.68. The van der Waals surface area contributed by atoms with E-state index in [-0.39, 0.29) is 11.7 Å². The Labute approximate surface area is 130 Å². The second-order valence-electron chi connectivity index (χ2n) is 5.99. The van der Waals surface area contributed by atoms with Crippen LogP contribution in [0.4, 0.5) is 4.39 Å². The molecule has 0 aromatic heterocycles. The molecule has 0 N–H and O–H groups in total. The molecule has 2 rings (SSSR count). The van der Waals surface area contributed by atoms with Gasteiger partial charge < -0.3 is 4.90 Å². The van der Waals surface area contributed by atoms with Crippen molar-refractivity contribution in [3.05, 3.63) is 34.6 Å². The highest BCUT2D eigenvalue weighted by Crippen LogP contribution is 2.20. The van der Waals surface area contributed by atoms with E-state index in [0.29, 0.717) is 23.9 Å². The zero-order valence-electron chi connectivity index (χ0n) is 12.6. The number of halogens is 2. The molecule has 5 heteroatoms. The molecule has 0 aliphatic carbocycles. The summed E-state index contributed by atoms with van der Waals surface area (Å²) in [5.74, 6) is 0.325. The Balaban J connectivity index is 1.85. The molecule has 1 aliphatic rings. The van der Waals surface area contributed by atoms with Crippen molar-refractivity contribution < 1.29 is 9.18 Å². The minimum absolute atomic E-state index is 0.240. The Kier molecular flexibility index (Phi) is 5.59. The first-order valence-electron chi connectivity index (χ1n) is 7.39. The average molecular weight is 313 g/mol. The molecule has 0 spiro atoms. The summed E-state index contributed by atoms with van der Waals surface area (Å²) in [4.78, 5) is 16.2. The molecule has 21 heavy (non-hydrogen) atoms. The van der Waals surface area contributed by atoms with Crippen molar-refractivity contribution >= 4 is 17.5 Å². The minimum Gasteiger partial charge on any atom is -0.340 e. The van der Waals surface area contributed by atoms with Gasteiger partial charge in [0, 0.05) is 44.2 Å². The van der Waals surface area contributed by atoms with Gasteiger partial charge in [0.15, 0.2) is 0 Å². The zero-order valence-corrected chi connectivity index (χ0v) is 13.4. The van der Waals surface area contributed by atoms with Crippen molar-refractivity contribution in [2.24, 2.45) is 5.92 Å². The summed E-state index contributed by atoms with van der Waals surface area (Å²) in [5.41, 5.74) is 0.931. The summed E-state index contributed by atoms with van der Waals surface area (Å²) in [7, 11) is 0. The van der Waals surface area contributed by atoms with E-state index in [1.807, 2.05) is 4.90 Å². The number of benzene rings is 1. The van der Waals surface area contributed by atoms with Gasteiger partial charge in [0.25, 0.3) is 0 Å². The maximum absolute atomic E-state index is 13.0. The Bertz CT molecular complexity index is 499. The number of amides is 1. The number of rotatable bonds is 4. The topological polar surface area (TPSA) is 23.6 Å². The monoisotopic (exact) mass is 312 g/mol. The molecule has 1 heterocycles. The van der Waals surface area contributed by atoms with E-state index >= 15 is 0 Å². The largest absolute Gasteiger partial charge is 0.340 e. The van der Waals surface area contributed by atoms with Crippen LogP contribution in [0.2, 0.25) is 5.02 Å². The van der Waals surface area contributed by atoms with Gasteiger partial charge in [-0.25, -0.2) is 4.39 Å². The molecule has 0 atom stereocenters. The van der Waals surface area contributed by atoms with Crippen molar-refractivity contribution in [2.75, 3.05) is 26.2 Å². The molecule has 0 bridgehead atoms. The van der Waals surface area contributed by atoms with Crippen LogP contribution in [0.15, 0.2) is 18.2 Å². The van der Waals surface area contributed by atoms with Crippen molar-refractivity contribution in [1.82, 2.24) is 9.80 Å². The number of carbonyl (C=O) groups excluding carboxylic acids is 1. The van der Waals surface area contributed by atoms with Gasteiger partial charge in [-0.1, -0.05) is 31.5 Å². The van der Waals surface area contributed by atoms with Crippen molar-refractivity contribution in [1.29, 1.82) is 0 Å². The van der Waals surface area contributed by atoms with Gasteiger partial charge in [-0.15, -0.1) is 0 Å². The van der Waals surface area contributed by atoms with Crippen LogP contribution in [0.5, 0.6) is 0 Å². The van der Waals surface area contributed by atoms with Crippen LogP contribution in [0, 0.1) is 11.7 Å². The lowest BCUT2D eigenvalue weighted by atomic mass is 10.1. The van der Waals surface area contributed by atoms with E-state index in [0.717, 1.165) is 31.7 Å². The first kappa shape index (κ1) is 16.2. The quantitative estimate of drug-likeness (QED) is 0.852. The van der Waals surface area contributed by atoms with Crippen molar-refractivity contribution in [2.45, 2.75) is 26.8 Å². The SMILES string of the molecule is CC(C)CC(=O)N1CCN(Cc2ccc(F)cc2Cl)CC1. The van der Waals surface area contributed by atoms with Gasteiger partial charge in [-0.2, -0.15) is 0 Å². The zero-order chi connectivity index (χ0) is 15.4. The normalized spacial score (nSPS) is 16.5. The smallest absolute Gasteiger partial charge is 0.222 e. The predicted molar refractivity (Wildman–Crippen MR) is 82.7 cm³/mol. The lowest BCUT2D eigenvalue weighted by Gasteiger charge is -2.35. The van der Waals surface area contributed by atoms with Crippen LogP contribution in [-0.2, 0) is 11.3 Å². The van der Waals surface area contributed by atoms with E-state index in [2.05, 4.69) is 18.7 Å². The number of piperazine rings is 1. The number of nitrogens with zero attached hydrogens (tertiary/aromatic N) is 2. The lowest BCUT2D eigenvalue weighted by molar-refractivity contribution is -0.133. The highest BCUT2D eigenvalue weighted by atomic mass is 35.5. The molecular weight excluding hydrogens is 291 g/mol. The highest BCUT2D eigenvalue weighted by molar-refractivity contribution is 6.31. The first-order chi connectivity index (χ1) is 9.95. The van der Waals surface area contributed by atoms with Gasteiger partial charge in [0.1, 0.15) is 5.82 Å². The van der Waals surface area contributed by atoms with Crippen molar-refractivity contribution in [3.8, 4) is 0 Å². The number of carbonyl (C=O) groups is 1. The van der Waals surface area contributed by atoms with Gasteiger partial charge in [-0.05, 0) is 23.6 Å². The van der Waals surface area contributed by atoms with Crippen LogP contribution in [-0.4, -0.2) is 41.9 Å². The second-order valence-corrected chi connectivity index (χ2v) is 6.40. The molecule has 0 saturated carbocycles. The predicted octanol–water partition coefficient (Wildman–Crippen LogP) is 3.17. The number of hydrogen-bond donors (Lipinski definition) is 0. The molecule has 1 aliphatic heterocycles. The fourth-order valence-corrected chi connectivity index (χ4v) is 2.75. The Hall–Kier alpha value is -1.13. The van der Waals surface area contributed by atoms with Gasteiger partial charge in [0.05, 0.1) is 0 Å². The minimum atomic E-state index is -0.312. The van der Waals surface area contributed by atoms with E-state index in [1.165, 1.54) is 12.1 Å². The second kappa shape index (κ2) is 7.23. The summed E-state index contributed by atoms with van der Waals surface area (Å²) in [5, 5.41) is 0.466. The molecule has 0 radical (unpaired) electrons. The Morgan fingerprint density at radius 1 is 1.29 bits per heavy atom. The third-order valence-electron chi connectivity index (χ3n) is 3.72.